The van der Waals surface area contributed by atoms with Crippen LogP contribution in [0, 0.1) is 0 Å². The number of carbonyl (C=O) groups is 2. The molecule has 0 fully saturated rings. The van der Waals surface area contributed by atoms with Gasteiger partial charge in [0, 0.05) is 24.4 Å². The van der Waals surface area contributed by atoms with Crippen LogP contribution in [0.5, 0.6) is 0 Å². The van der Waals surface area contributed by atoms with Gasteiger partial charge >= 0.3 is 0 Å². The van der Waals surface area contributed by atoms with Gasteiger partial charge in [0.05, 0.1) is 0 Å². The van der Waals surface area contributed by atoms with Gasteiger partial charge in [0.15, 0.2) is 0 Å². The van der Waals surface area contributed by atoms with E-state index in [4.69, 9.17) is 0 Å². The molecule has 128 valence electrons. The molecule has 0 saturated carbocycles. The van der Waals surface area contributed by atoms with Gasteiger partial charge in [0.2, 0.25) is 5.91 Å². The number of allylic oxidation sites excluding steroid dienone is 4. The number of benzene rings is 1. The summed E-state index contributed by atoms with van der Waals surface area (Å²) in [7, 11) is 0. The van der Waals surface area contributed by atoms with Crippen LogP contribution in [0.25, 0.3) is 0 Å². The fourth-order valence-electron chi connectivity index (χ4n) is 1.90. The predicted octanol–water partition coefficient (Wildman–Crippen LogP) is 4.05. The molecule has 1 aromatic carbocycles. The largest absolute Gasteiger partial charge is 0.326 e. The number of hydrazone groups is 1. The van der Waals surface area contributed by atoms with E-state index in [9.17, 15) is 9.59 Å². The minimum absolute atomic E-state index is 0.149. The zero-order valence-corrected chi connectivity index (χ0v) is 14.7. The topological polar surface area (TPSA) is 70.6 Å². The first kappa shape index (κ1) is 19.4. The highest BCUT2D eigenvalue weighted by atomic mass is 16.2. The first-order valence-electron chi connectivity index (χ1n) is 7.88. The molecule has 1 aromatic rings. The van der Waals surface area contributed by atoms with E-state index >= 15 is 0 Å². The third-order valence-corrected chi connectivity index (χ3v) is 3.16. The number of anilines is 1. The van der Waals surface area contributed by atoms with E-state index in [0.717, 1.165) is 12.8 Å². The van der Waals surface area contributed by atoms with E-state index in [1.54, 1.807) is 30.5 Å². The number of hydrogen-bond acceptors (Lipinski definition) is 3. The number of amides is 2. The van der Waals surface area contributed by atoms with Gasteiger partial charge in [-0.3, -0.25) is 9.59 Å². The van der Waals surface area contributed by atoms with Crippen molar-refractivity contribution < 1.29 is 9.59 Å². The number of nitrogens with zero attached hydrogens (tertiary/aromatic N) is 1. The van der Waals surface area contributed by atoms with E-state index in [-0.39, 0.29) is 11.8 Å². The van der Waals surface area contributed by atoms with Crippen molar-refractivity contribution in [3.8, 4) is 0 Å². The molecule has 0 aliphatic rings. The minimum atomic E-state index is -0.295. The van der Waals surface area contributed by atoms with Gasteiger partial charge in [-0.05, 0) is 64.0 Å². The SMILES string of the molecule is CC(=O)Nc1ccc(C(=O)NN=CC=C(C)CCC=C(C)C)cc1. The summed E-state index contributed by atoms with van der Waals surface area (Å²) in [6, 6.07) is 6.62. The molecular formula is C19H25N3O2. The van der Waals surface area contributed by atoms with Gasteiger partial charge in [-0.25, -0.2) is 5.43 Å². The summed E-state index contributed by atoms with van der Waals surface area (Å²) in [6.45, 7) is 7.63. The van der Waals surface area contributed by atoms with Crippen LogP contribution in [-0.2, 0) is 4.79 Å². The molecule has 2 amide bonds. The van der Waals surface area contributed by atoms with E-state index < -0.39 is 0 Å². The Kier molecular flexibility index (Phi) is 8.19. The minimum Gasteiger partial charge on any atom is -0.326 e. The van der Waals surface area contributed by atoms with Crippen LogP contribution in [0.3, 0.4) is 0 Å². The van der Waals surface area contributed by atoms with Crippen LogP contribution in [-0.4, -0.2) is 18.0 Å². The van der Waals surface area contributed by atoms with E-state index in [1.807, 2.05) is 13.0 Å². The fourth-order valence-corrected chi connectivity index (χ4v) is 1.90. The first-order valence-corrected chi connectivity index (χ1v) is 7.88. The van der Waals surface area contributed by atoms with Crippen molar-refractivity contribution in [2.75, 3.05) is 5.32 Å². The van der Waals surface area contributed by atoms with Crippen molar-refractivity contribution >= 4 is 23.7 Å². The quantitative estimate of drug-likeness (QED) is 0.450. The van der Waals surface area contributed by atoms with Gasteiger partial charge in [0.1, 0.15) is 0 Å². The molecule has 0 aliphatic heterocycles. The zero-order chi connectivity index (χ0) is 17.9. The highest BCUT2D eigenvalue weighted by molar-refractivity contribution is 5.95. The van der Waals surface area contributed by atoms with Crippen molar-refractivity contribution in [2.45, 2.75) is 40.5 Å². The van der Waals surface area contributed by atoms with Crippen LogP contribution < -0.4 is 10.7 Å². The average molecular weight is 327 g/mol. The summed E-state index contributed by atoms with van der Waals surface area (Å²) >= 11 is 0. The molecule has 0 spiro atoms. The highest BCUT2D eigenvalue weighted by Gasteiger charge is 2.04. The van der Waals surface area contributed by atoms with Gasteiger partial charge in [-0.2, -0.15) is 5.10 Å². The number of carbonyl (C=O) groups excluding carboxylic acids is 2. The fraction of sp³-hybridized carbons (Fsp3) is 0.316. The van der Waals surface area contributed by atoms with Crippen molar-refractivity contribution in [1.29, 1.82) is 0 Å². The summed E-state index contributed by atoms with van der Waals surface area (Å²) in [5.74, 6) is -0.445. The van der Waals surface area contributed by atoms with Crippen molar-refractivity contribution in [3.05, 3.63) is 53.1 Å². The lowest BCUT2D eigenvalue weighted by Gasteiger charge is -2.03. The Hall–Kier alpha value is -2.69. The van der Waals surface area contributed by atoms with Crippen LogP contribution in [0.15, 0.2) is 52.7 Å². The Morgan fingerprint density at radius 1 is 1.08 bits per heavy atom. The van der Waals surface area contributed by atoms with Crippen LogP contribution in [0.4, 0.5) is 5.69 Å². The summed E-state index contributed by atoms with van der Waals surface area (Å²) < 4.78 is 0. The molecule has 0 unspecified atom stereocenters. The molecule has 0 aliphatic carbocycles. The molecule has 5 heteroatoms. The molecule has 0 heterocycles. The summed E-state index contributed by atoms with van der Waals surface area (Å²) in [5, 5.41) is 6.56. The molecule has 24 heavy (non-hydrogen) atoms. The summed E-state index contributed by atoms with van der Waals surface area (Å²) in [6.07, 6.45) is 7.64. The molecule has 1 rings (SSSR count). The van der Waals surface area contributed by atoms with Gasteiger partial charge < -0.3 is 5.32 Å². The molecule has 5 nitrogen and oxygen atoms in total. The van der Waals surface area contributed by atoms with E-state index in [0.29, 0.717) is 11.3 Å². The second-order valence-electron chi connectivity index (χ2n) is 5.81. The second kappa shape index (κ2) is 10.2. The van der Waals surface area contributed by atoms with Gasteiger partial charge in [0.25, 0.3) is 5.91 Å². The van der Waals surface area contributed by atoms with Crippen LogP contribution in [0.1, 0.15) is 50.9 Å². The standard InChI is InChI=1S/C19H25N3O2/c1-14(2)6-5-7-15(3)12-13-20-22-19(24)17-8-10-18(11-9-17)21-16(4)23/h6,8-13H,5,7H2,1-4H3,(H,21,23)(H,22,24). The van der Waals surface area contributed by atoms with E-state index in [2.05, 4.69) is 35.8 Å². The lowest BCUT2D eigenvalue weighted by atomic mass is 10.1. The maximum Gasteiger partial charge on any atom is 0.271 e. The maximum absolute atomic E-state index is 11.9. The third-order valence-electron chi connectivity index (χ3n) is 3.16. The lowest BCUT2D eigenvalue weighted by molar-refractivity contribution is -0.114. The smallest absolute Gasteiger partial charge is 0.271 e. The Morgan fingerprint density at radius 2 is 1.75 bits per heavy atom. The average Bonchev–Trinajstić information content (AvgIpc) is 2.51. The first-order chi connectivity index (χ1) is 11.4. The summed E-state index contributed by atoms with van der Waals surface area (Å²) in [5.41, 5.74) is 6.12. The number of nitrogens with one attached hydrogen (secondary N) is 2. The number of hydrogen-bond donors (Lipinski definition) is 2. The molecule has 0 radical (unpaired) electrons. The van der Waals surface area contributed by atoms with Crippen LogP contribution >= 0.6 is 0 Å². The Bertz CT molecular complexity index is 652. The second-order valence-corrected chi connectivity index (χ2v) is 5.81. The predicted molar refractivity (Wildman–Crippen MR) is 99.1 cm³/mol. The Balaban J connectivity index is 2.47. The van der Waals surface area contributed by atoms with E-state index in [1.165, 1.54) is 18.1 Å². The maximum atomic E-state index is 11.9. The normalized spacial score (nSPS) is 11.2. The lowest BCUT2D eigenvalue weighted by Crippen LogP contribution is -2.17. The number of rotatable bonds is 7. The van der Waals surface area contributed by atoms with Gasteiger partial charge in [-0.1, -0.05) is 17.2 Å². The molecule has 0 bridgehead atoms. The van der Waals surface area contributed by atoms with Gasteiger partial charge in [-0.15, -0.1) is 0 Å². The molecular weight excluding hydrogens is 302 g/mol. The van der Waals surface area contributed by atoms with Crippen molar-refractivity contribution in [3.63, 3.8) is 0 Å². The Morgan fingerprint density at radius 3 is 2.33 bits per heavy atom. The zero-order valence-electron chi connectivity index (χ0n) is 14.7. The van der Waals surface area contributed by atoms with Crippen LogP contribution in [0.2, 0.25) is 0 Å². The molecule has 0 aromatic heterocycles. The monoisotopic (exact) mass is 327 g/mol. The highest BCUT2D eigenvalue weighted by Crippen LogP contribution is 2.09. The molecule has 0 saturated heterocycles. The molecule has 0 atom stereocenters. The van der Waals surface area contributed by atoms with Crippen molar-refractivity contribution in [2.24, 2.45) is 5.10 Å². The van der Waals surface area contributed by atoms with Crippen molar-refractivity contribution in [1.82, 2.24) is 5.43 Å². The molecule has 2 N–H and O–H groups in total. The summed E-state index contributed by atoms with van der Waals surface area (Å²) in [4.78, 5) is 22.9. The Labute approximate surface area is 143 Å². The third kappa shape index (κ3) is 8.08.